The van der Waals surface area contributed by atoms with E-state index in [1.807, 2.05) is 49.6 Å². The monoisotopic (exact) mass is 671 g/mol. The second-order valence-electron chi connectivity index (χ2n) is 11.7. The average molecular weight is 672 g/mol. The number of fused-ring (bicyclic) bond motifs is 1. The van der Waals surface area contributed by atoms with Crippen molar-refractivity contribution >= 4 is 48.5 Å². The quantitative estimate of drug-likeness (QED) is 0.200. The third-order valence-corrected chi connectivity index (χ3v) is 12.1. The molecule has 1 atom stereocenters. The van der Waals surface area contributed by atoms with Gasteiger partial charge in [0.05, 0.1) is 22.0 Å². The number of nitrogens with zero attached hydrogens (tertiary/aromatic N) is 2. The molecule has 9 nitrogen and oxygen atoms in total. The lowest BCUT2D eigenvalue weighted by Gasteiger charge is -2.30. The molecule has 1 aliphatic rings. The Bertz CT molecular complexity index is 1930. The molecule has 1 amide bonds. The minimum atomic E-state index is -4.29. The molecule has 1 N–H and O–H groups in total. The number of hydrogen-bond donors (Lipinski definition) is 1. The lowest BCUT2D eigenvalue weighted by Crippen LogP contribution is -2.39. The van der Waals surface area contributed by atoms with Gasteiger partial charge in [-0.15, -0.1) is 0 Å². The van der Waals surface area contributed by atoms with E-state index >= 15 is 0 Å². The molecule has 12 heteroatoms. The Morgan fingerprint density at radius 1 is 0.978 bits per heavy atom. The Morgan fingerprint density at radius 2 is 1.62 bits per heavy atom. The molecular formula is C33H38ClN3O6S2. The van der Waals surface area contributed by atoms with Gasteiger partial charge < -0.3 is 9.30 Å². The van der Waals surface area contributed by atoms with Crippen molar-refractivity contribution in [3.05, 3.63) is 88.1 Å². The van der Waals surface area contributed by atoms with Gasteiger partial charge in [0.1, 0.15) is 5.75 Å². The van der Waals surface area contributed by atoms with E-state index in [1.54, 1.807) is 19.1 Å². The first-order valence-corrected chi connectivity index (χ1v) is 18.2. The number of piperidine rings is 1. The number of nitrogens with one attached hydrogen (secondary N) is 1. The Kier molecular flexibility index (Phi) is 9.65. The Balaban J connectivity index is 1.31. The molecule has 0 saturated carbocycles. The maximum atomic E-state index is 13.5. The minimum absolute atomic E-state index is 0.0195. The number of sulfonamides is 2. The average Bonchev–Trinajstić information content (AvgIpc) is 3.28. The molecule has 1 fully saturated rings. The van der Waals surface area contributed by atoms with Crippen LogP contribution in [0.3, 0.4) is 0 Å². The van der Waals surface area contributed by atoms with Crippen LogP contribution in [-0.2, 0) is 26.6 Å². The predicted molar refractivity (Wildman–Crippen MR) is 176 cm³/mol. The fourth-order valence-corrected chi connectivity index (χ4v) is 8.61. The molecule has 0 aliphatic carbocycles. The van der Waals surface area contributed by atoms with Crippen molar-refractivity contribution in [2.75, 3.05) is 19.7 Å². The molecule has 3 aromatic carbocycles. The van der Waals surface area contributed by atoms with E-state index in [1.165, 1.54) is 28.6 Å². The lowest BCUT2D eigenvalue weighted by atomic mass is 10.0. The molecule has 5 rings (SSSR count). The number of carbonyl (C=O) groups is 1. The third-order valence-electron chi connectivity index (χ3n) is 8.28. The molecule has 0 bridgehead atoms. The zero-order chi connectivity index (χ0) is 32.5. The summed E-state index contributed by atoms with van der Waals surface area (Å²) in [5, 5.41) is 1.35. The first kappa shape index (κ1) is 33.0. The number of ether oxygens (including phenoxy) is 1. The fraction of sp³-hybridized carbons (Fsp3) is 0.364. The fourth-order valence-electron chi connectivity index (χ4n) is 5.94. The molecule has 0 radical (unpaired) electrons. The molecule has 0 spiro atoms. The van der Waals surface area contributed by atoms with Crippen LogP contribution < -0.4 is 9.46 Å². The van der Waals surface area contributed by atoms with E-state index in [0.717, 1.165) is 40.3 Å². The molecule has 1 aromatic heterocycles. The maximum Gasteiger partial charge on any atom is 0.267 e. The summed E-state index contributed by atoms with van der Waals surface area (Å²) in [5.41, 5.74) is 3.57. The summed E-state index contributed by atoms with van der Waals surface area (Å²) in [6.07, 6.45) is 2.40. The Morgan fingerprint density at radius 3 is 2.29 bits per heavy atom. The van der Waals surface area contributed by atoms with Gasteiger partial charge >= 0.3 is 0 Å². The van der Waals surface area contributed by atoms with E-state index in [-0.39, 0.29) is 21.3 Å². The molecule has 240 valence electrons. The number of benzene rings is 3. The zero-order valence-corrected chi connectivity index (χ0v) is 28.2. The third kappa shape index (κ3) is 6.91. The molecule has 0 unspecified atom stereocenters. The van der Waals surface area contributed by atoms with E-state index in [0.29, 0.717) is 43.7 Å². The zero-order valence-electron chi connectivity index (χ0n) is 25.8. The number of aryl methyl sites for hydroxylation is 3. The number of halogens is 1. The number of amides is 1. The van der Waals surface area contributed by atoms with Gasteiger partial charge in [-0.1, -0.05) is 36.7 Å². The van der Waals surface area contributed by atoms with E-state index in [2.05, 4.69) is 4.72 Å². The molecular weight excluding hydrogens is 634 g/mol. The number of rotatable bonds is 10. The van der Waals surface area contributed by atoms with Gasteiger partial charge in [0.2, 0.25) is 10.0 Å². The lowest BCUT2D eigenvalue weighted by molar-refractivity contribution is 0.0982. The van der Waals surface area contributed by atoms with Crippen LogP contribution in [0.4, 0.5) is 0 Å². The van der Waals surface area contributed by atoms with Crippen molar-refractivity contribution < 1.29 is 26.4 Å². The van der Waals surface area contributed by atoms with Crippen molar-refractivity contribution in [3.63, 3.8) is 0 Å². The van der Waals surface area contributed by atoms with Crippen molar-refractivity contribution in [1.29, 1.82) is 0 Å². The highest BCUT2D eigenvalue weighted by atomic mass is 35.5. The summed E-state index contributed by atoms with van der Waals surface area (Å²) >= 11 is 6.27. The van der Waals surface area contributed by atoms with E-state index in [9.17, 15) is 21.6 Å². The Labute approximate surface area is 270 Å². The van der Waals surface area contributed by atoms with Gasteiger partial charge in [-0.3, -0.25) is 4.79 Å². The van der Waals surface area contributed by atoms with Crippen LogP contribution in [-0.4, -0.2) is 51.3 Å². The van der Waals surface area contributed by atoms with Crippen LogP contribution in [0.15, 0.2) is 70.5 Å². The summed E-state index contributed by atoms with van der Waals surface area (Å²) in [4.78, 5) is 13.3. The van der Waals surface area contributed by atoms with Gasteiger partial charge in [0, 0.05) is 41.3 Å². The summed E-state index contributed by atoms with van der Waals surface area (Å²) in [6, 6.07) is 16.1. The molecule has 45 heavy (non-hydrogen) atoms. The predicted octanol–water partition coefficient (Wildman–Crippen LogP) is 6.23. The molecule has 1 saturated heterocycles. The number of aromatic nitrogens is 1. The smallest absolute Gasteiger partial charge is 0.267 e. The van der Waals surface area contributed by atoms with Gasteiger partial charge in [-0.25, -0.2) is 21.6 Å². The summed E-state index contributed by atoms with van der Waals surface area (Å²) < 4.78 is 64.4. The highest BCUT2D eigenvalue weighted by Crippen LogP contribution is 2.29. The molecule has 2 heterocycles. The van der Waals surface area contributed by atoms with Crippen molar-refractivity contribution in [2.24, 2.45) is 5.92 Å². The van der Waals surface area contributed by atoms with Crippen molar-refractivity contribution in [2.45, 2.75) is 63.3 Å². The number of para-hydroxylation sites is 1. The van der Waals surface area contributed by atoms with E-state index in [4.69, 9.17) is 16.3 Å². The Hall–Kier alpha value is -3.38. The summed E-state index contributed by atoms with van der Waals surface area (Å²) in [6.45, 7) is 9.51. The van der Waals surface area contributed by atoms with Crippen molar-refractivity contribution in [3.8, 4) is 5.75 Å². The van der Waals surface area contributed by atoms with Gasteiger partial charge in [0.25, 0.3) is 15.9 Å². The van der Waals surface area contributed by atoms with Gasteiger partial charge in [-0.2, -0.15) is 4.31 Å². The normalized spacial score (nSPS) is 16.2. The minimum Gasteiger partial charge on any atom is -0.494 e. The highest BCUT2D eigenvalue weighted by molar-refractivity contribution is 7.90. The molecule has 1 aliphatic heterocycles. The van der Waals surface area contributed by atoms with Gasteiger partial charge in [0.15, 0.2) is 0 Å². The van der Waals surface area contributed by atoms with Gasteiger partial charge in [-0.05, 0) is 99.5 Å². The number of carbonyl (C=O) groups excluding carboxylic acids is 1. The maximum absolute atomic E-state index is 13.5. The summed E-state index contributed by atoms with van der Waals surface area (Å²) in [5.74, 6) is 0.236. The summed E-state index contributed by atoms with van der Waals surface area (Å²) in [7, 11) is -8.04. The second kappa shape index (κ2) is 13.2. The van der Waals surface area contributed by atoms with Crippen LogP contribution in [0.2, 0.25) is 5.02 Å². The second-order valence-corrected chi connectivity index (χ2v) is 15.7. The topological polar surface area (TPSA) is 115 Å². The first-order chi connectivity index (χ1) is 21.3. The van der Waals surface area contributed by atoms with Crippen LogP contribution in [0.5, 0.6) is 5.75 Å². The van der Waals surface area contributed by atoms with E-state index < -0.39 is 26.0 Å². The van der Waals surface area contributed by atoms with Crippen LogP contribution in [0, 0.1) is 26.7 Å². The first-order valence-electron chi connectivity index (χ1n) is 14.9. The SMILES string of the molecule is Cc1cc(OCCCn2c(C)c(C(=O)NS(=O)(=O)c3ccc(S(=O)(=O)N4CCC[C@H](C)C4)cc3)c3ccccc32)cc(C)c1Cl. The molecule has 4 aromatic rings. The highest BCUT2D eigenvalue weighted by Gasteiger charge is 2.30. The standard InChI is InChI=1S/C33H38ClN3O6S2/c1-22-9-7-16-36(21-22)45(41,42)28-14-12-27(13-15-28)44(39,40)35-33(38)31-25(4)37(30-11-6-5-10-29(30)31)17-8-18-43-26-19-23(2)32(34)24(3)20-26/h5-6,10-15,19-20,22H,7-9,16-18,21H2,1-4H3,(H,35,38)/t22-/m0/s1. The number of hydrogen-bond acceptors (Lipinski definition) is 6. The van der Waals surface area contributed by atoms with Crippen LogP contribution in [0.25, 0.3) is 10.9 Å². The van der Waals surface area contributed by atoms with Crippen LogP contribution >= 0.6 is 11.6 Å². The largest absolute Gasteiger partial charge is 0.494 e. The van der Waals surface area contributed by atoms with Crippen molar-refractivity contribution in [1.82, 2.24) is 13.6 Å². The van der Waals surface area contributed by atoms with Crippen LogP contribution in [0.1, 0.15) is 53.4 Å².